The van der Waals surface area contributed by atoms with Gasteiger partial charge in [0.05, 0.1) is 11.3 Å². The highest BCUT2D eigenvalue weighted by molar-refractivity contribution is 5.96. The lowest BCUT2D eigenvalue weighted by Crippen LogP contribution is -2.48. The molecule has 1 aromatic heterocycles. The SMILES string of the molecule is CCN1CCN(C(=O)c2c(CC(C)C)nn(C)c2C)CC1. The molecule has 1 aromatic rings. The monoisotopic (exact) mass is 292 g/mol. The Morgan fingerprint density at radius 2 is 1.86 bits per heavy atom. The van der Waals surface area contributed by atoms with Crippen LogP contribution >= 0.6 is 0 Å². The normalized spacial score (nSPS) is 16.8. The van der Waals surface area contributed by atoms with Crippen LogP contribution in [0.1, 0.15) is 42.5 Å². The molecule has 0 bridgehead atoms. The van der Waals surface area contributed by atoms with E-state index in [2.05, 4.69) is 30.8 Å². The second kappa shape index (κ2) is 6.60. The average Bonchev–Trinajstić information content (AvgIpc) is 2.72. The summed E-state index contributed by atoms with van der Waals surface area (Å²) in [6, 6.07) is 0. The number of hydrogen-bond acceptors (Lipinski definition) is 3. The van der Waals surface area contributed by atoms with Crippen molar-refractivity contribution in [1.29, 1.82) is 0 Å². The summed E-state index contributed by atoms with van der Waals surface area (Å²) in [7, 11) is 1.92. The largest absolute Gasteiger partial charge is 0.336 e. The first kappa shape index (κ1) is 16.0. The van der Waals surface area contributed by atoms with Crippen LogP contribution in [-0.2, 0) is 13.5 Å². The molecule has 0 atom stereocenters. The minimum Gasteiger partial charge on any atom is -0.336 e. The van der Waals surface area contributed by atoms with Gasteiger partial charge in [-0.15, -0.1) is 0 Å². The Hall–Kier alpha value is -1.36. The Morgan fingerprint density at radius 1 is 1.24 bits per heavy atom. The van der Waals surface area contributed by atoms with Crippen LogP contribution in [0, 0.1) is 12.8 Å². The Balaban J connectivity index is 2.19. The molecule has 1 amide bonds. The van der Waals surface area contributed by atoms with Gasteiger partial charge in [-0.2, -0.15) is 5.10 Å². The van der Waals surface area contributed by atoms with Gasteiger partial charge in [0, 0.05) is 38.9 Å². The maximum Gasteiger partial charge on any atom is 0.257 e. The third kappa shape index (κ3) is 3.46. The van der Waals surface area contributed by atoms with E-state index in [4.69, 9.17) is 0 Å². The molecule has 5 heteroatoms. The van der Waals surface area contributed by atoms with E-state index in [0.29, 0.717) is 5.92 Å². The number of carbonyl (C=O) groups is 1. The van der Waals surface area contributed by atoms with Crippen molar-refractivity contribution in [2.24, 2.45) is 13.0 Å². The first-order chi connectivity index (χ1) is 9.93. The summed E-state index contributed by atoms with van der Waals surface area (Å²) in [4.78, 5) is 17.3. The molecule has 1 aliphatic heterocycles. The van der Waals surface area contributed by atoms with Crippen LogP contribution in [-0.4, -0.2) is 58.2 Å². The molecule has 0 saturated carbocycles. The zero-order chi connectivity index (χ0) is 15.6. The zero-order valence-electron chi connectivity index (χ0n) is 14.0. The molecule has 0 spiro atoms. The number of likely N-dealkylation sites (N-methyl/N-ethyl adjacent to an activating group) is 1. The second-order valence-corrected chi connectivity index (χ2v) is 6.36. The maximum atomic E-state index is 12.9. The molecule has 1 aliphatic rings. The van der Waals surface area contributed by atoms with Crippen LogP contribution < -0.4 is 0 Å². The van der Waals surface area contributed by atoms with E-state index in [-0.39, 0.29) is 5.91 Å². The first-order valence-corrected chi connectivity index (χ1v) is 7.98. The van der Waals surface area contributed by atoms with Gasteiger partial charge in [-0.3, -0.25) is 9.48 Å². The van der Waals surface area contributed by atoms with E-state index in [9.17, 15) is 4.79 Å². The molecule has 1 fully saturated rings. The molecule has 21 heavy (non-hydrogen) atoms. The van der Waals surface area contributed by atoms with E-state index in [1.54, 1.807) is 0 Å². The lowest BCUT2D eigenvalue weighted by molar-refractivity contribution is 0.0641. The number of hydrogen-bond donors (Lipinski definition) is 0. The smallest absolute Gasteiger partial charge is 0.257 e. The van der Waals surface area contributed by atoms with Crippen molar-refractivity contribution in [3.63, 3.8) is 0 Å². The van der Waals surface area contributed by atoms with Crippen molar-refractivity contribution in [2.45, 2.75) is 34.1 Å². The van der Waals surface area contributed by atoms with E-state index >= 15 is 0 Å². The lowest BCUT2D eigenvalue weighted by atomic mass is 10.0. The van der Waals surface area contributed by atoms with Crippen molar-refractivity contribution in [2.75, 3.05) is 32.7 Å². The molecule has 5 nitrogen and oxygen atoms in total. The average molecular weight is 292 g/mol. The van der Waals surface area contributed by atoms with Crippen molar-refractivity contribution in [3.05, 3.63) is 17.0 Å². The van der Waals surface area contributed by atoms with Gasteiger partial charge in [0.2, 0.25) is 0 Å². The van der Waals surface area contributed by atoms with Gasteiger partial charge in [-0.25, -0.2) is 0 Å². The van der Waals surface area contributed by atoms with E-state index < -0.39 is 0 Å². The summed E-state index contributed by atoms with van der Waals surface area (Å²) < 4.78 is 1.84. The molecule has 2 heterocycles. The summed E-state index contributed by atoms with van der Waals surface area (Å²) in [6.07, 6.45) is 0.859. The van der Waals surface area contributed by atoms with Crippen LogP contribution in [0.2, 0.25) is 0 Å². The number of rotatable bonds is 4. The summed E-state index contributed by atoms with van der Waals surface area (Å²) in [6.45, 7) is 13.1. The molecule has 1 saturated heterocycles. The van der Waals surface area contributed by atoms with E-state index in [1.807, 2.05) is 23.6 Å². The zero-order valence-corrected chi connectivity index (χ0v) is 14.0. The Kier molecular flexibility index (Phi) is 5.04. The Morgan fingerprint density at radius 3 is 2.38 bits per heavy atom. The maximum absolute atomic E-state index is 12.9. The third-order valence-corrected chi connectivity index (χ3v) is 4.33. The fraction of sp³-hybridized carbons (Fsp3) is 0.750. The number of carbonyl (C=O) groups excluding carboxylic acids is 1. The number of amides is 1. The summed E-state index contributed by atoms with van der Waals surface area (Å²) in [5, 5.41) is 4.56. The molecule has 0 N–H and O–H groups in total. The number of aromatic nitrogens is 2. The predicted octanol–water partition coefficient (Wildman–Crippen LogP) is 1.70. The van der Waals surface area contributed by atoms with Crippen molar-refractivity contribution in [3.8, 4) is 0 Å². The van der Waals surface area contributed by atoms with Crippen molar-refractivity contribution in [1.82, 2.24) is 19.6 Å². The Bertz CT molecular complexity index is 499. The standard InChI is InChI=1S/C16H28N4O/c1-6-19-7-9-20(10-8-19)16(21)15-13(4)18(5)17-14(15)11-12(2)3/h12H,6-11H2,1-5H3. The minimum atomic E-state index is 0.159. The van der Waals surface area contributed by atoms with Crippen LogP contribution in [0.15, 0.2) is 0 Å². The fourth-order valence-electron chi connectivity index (χ4n) is 2.91. The van der Waals surface area contributed by atoms with Crippen molar-refractivity contribution < 1.29 is 4.79 Å². The van der Waals surface area contributed by atoms with Crippen molar-refractivity contribution >= 4 is 5.91 Å². The van der Waals surface area contributed by atoms with Gasteiger partial charge in [-0.05, 0) is 25.8 Å². The molecule has 0 aromatic carbocycles. The molecular formula is C16H28N4O. The highest BCUT2D eigenvalue weighted by Crippen LogP contribution is 2.19. The van der Waals surface area contributed by atoms with Gasteiger partial charge in [0.25, 0.3) is 5.91 Å². The van der Waals surface area contributed by atoms with Gasteiger partial charge < -0.3 is 9.80 Å². The molecule has 118 valence electrons. The quantitative estimate of drug-likeness (QED) is 0.848. The fourth-order valence-corrected chi connectivity index (χ4v) is 2.91. The van der Waals surface area contributed by atoms with Crippen LogP contribution in [0.3, 0.4) is 0 Å². The first-order valence-electron chi connectivity index (χ1n) is 7.98. The number of piperazine rings is 1. The highest BCUT2D eigenvalue weighted by Gasteiger charge is 2.27. The molecule has 0 aliphatic carbocycles. The van der Waals surface area contributed by atoms with Crippen LogP contribution in [0.4, 0.5) is 0 Å². The summed E-state index contributed by atoms with van der Waals surface area (Å²) in [5.41, 5.74) is 2.76. The summed E-state index contributed by atoms with van der Waals surface area (Å²) >= 11 is 0. The minimum absolute atomic E-state index is 0.159. The van der Waals surface area contributed by atoms with Crippen LogP contribution in [0.25, 0.3) is 0 Å². The summed E-state index contributed by atoms with van der Waals surface area (Å²) in [5.74, 6) is 0.662. The second-order valence-electron chi connectivity index (χ2n) is 6.36. The molecule has 0 unspecified atom stereocenters. The van der Waals surface area contributed by atoms with Gasteiger partial charge in [0.1, 0.15) is 0 Å². The number of aryl methyl sites for hydroxylation is 1. The van der Waals surface area contributed by atoms with Gasteiger partial charge >= 0.3 is 0 Å². The molecule has 0 radical (unpaired) electrons. The third-order valence-electron chi connectivity index (χ3n) is 4.33. The predicted molar refractivity (Wildman–Crippen MR) is 84.5 cm³/mol. The molecule has 2 rings (SSSR count). The topological polar surface area (TPSA) is 41.4 Å². The van der Waals surface area contributed by atoms with E-state index in [0.717, 1.165) is 56.1 Å². The lowest BCUT2D eigenvalue weighted by Gasteiger charge is -2.34. The number of nitrogens with zero attached hydrogens (tertiary/aromatic N) is 4. The highest BCUT2D eigenvalue weighted by atomic mass is 16.2. The van der Waals surface area contributed by atoms with Gasteiger partial charge in [0.15, 0.2) is 0 Å². The Labute approximate surface area is 127 Å². The van der Waals surface area contributed by atoms with Crippen LogP contribution in [0.5, 0.6) is 0 Å². The van der Waals surface area contributed by atoms with E-state index in [1.165, 1.54) is 0 Å². The van der Waals surface area contributed by atoms with Gasteiger partial charge in [-0.1, -0.05) is 20.8 Å². The molecular weight excluding hydrogens is 264 g/mol.